The topological polar surface area (TPSA) is 82.0 Å². The van der Waals surface area contributed by atoms with Crippen molar-refractivity contribution in [1.29, 1.82) is 0 Å². The number of phenols is 1. The van der Waals surface area contributed by atoms with E-state index in [-0.39, 0.29) is 42.0 Å². The van der Waals surface area contributed by atoms with Crippen LogP contribution in [0.2, 0.25) is 0 Å². The summed E-state index contributed by atoms with van der Waals surface area (Å²) in [5.41, 5.74) is 1.18. The van der Waals surface area contributed by atoms with Crippen molar-refractivity contribution < 1.29 is 24.1 Å². The fourth-order valence-electron chi connectivity index (χ4n) is 8.52. The Bertz CT molecular complexity index is 1290. The lowest BCUT2D eigenvalue weighted by Crippen LogP contribution is -2.79. The smallest absolute Gasteiger partial charge is 0.255 e. The highest BCUT2D eigenvalue weighted by atomic mass is 19.1. The molecule has 2 saturated carbocycles. The number of aromatic hydroxyl groups is 1. The number of aliphatic hydroxyl groups is 1. The van der Waals surface area contributed by atoms with E-state index in [9.17, 15) is 19.4 Å². The van der Waals surface area contributed by atoms with Crippen LogP contribution < -0.4 is 10.1 Å². The van der Waals surface area contributed by atoms with E-state index in [2.05, 4.69) is 5.32 Å². The number of nitrogens with one attached hydrogen (secondary N) is 1. The fourth-order valence-corrected chi connectivity index (χ4v) is 8.52. The number of nitrogens with zero attached hydrogens (tertiary/aromatic N) is 1. The highest BCUT2D eigenvalue weighted by molar-refractivity contribution is 5.98. The second kappa shape index (κ2) is 6.56. The Kier molecular flexibility index (Phi) is 3.85. The highest BCUT2D eigenvalue weighted by Gasteiger charge is 2.74. The van der Waals surface area contributed by atoms with Gasteiger partial charge in [0.1, 0.15) is 11.9 Å². The molecule has 3 heterocycles. The Balaban J connectivity index is 1.32. The molecular weight excluding hydrogens is 447 g/mol. The van der Waals surface area contributed by atoms with Crippen LogP contribution in [0.3, 0.4) is 0 Å². The fraction of sp³-hybridized carbons (Fsp3) is 0.536. The van der Waals surface area contributed by atoms with E-state index in [0.717, 1.165) is 24.1 Å². The van der Waals surface area contributed by atoms with Crippen LogP contribution in [0.1, 0.15) is 59.2 Å². The van der Waals surface area contributed by atoms with E-state index in [1.807, 2.05) is 11.0 Å². The number of fused-ring (bicyclic) bond motifs is 1. The zero-order valence-corrected chi connectivity index (χ0v) is 19.5. The molecule has 2 bridgehead atoms. The van der Waals surface area contributed by atoms with Gasteiger partial charge in [-0.05, 0) is 67.8 Å². The van der Waals surface area contributed by atoms with Crippen molar-refractivity contribution in [1.82, 2.24) is 10.2 Å². The summed E-state index contributed by atoms with van der Waals surface area (Å²) in [5.74, 6) is 0.689. The highest BCUT2D eigenvalue weighted by Crippen LogP contribution is 2.66. The lowest BCUT2D eigenvalue weighted by Gasteiger charge is -2.64. The predicted molar refractivity (Wildman–Crippen MR) is 125 cm³/mol. The molecule has 3 fully saturated rings. The third-order valence-electron chi connectivity index (χ3n) is 10.1. The molecule has 6 atom stereocenters. The van der Waals surface area contributed by atoms with Gasteiger partial charge < -0.3 is 25.2 Å². The largest absolute Gasteiger partial charge is 0.504 e. The molecule has 1 amide bonds. The summed E-state index contributed by atoms with van der Waals surface area (Å²) in [4.78, 5) is 15.5. The molecule has 1 saturated heterocycles. The molecule has 35 heavy (non-hydrogen) atoms. The number of piperidine rings is 1. The molecule has 3 N–H and O–H groups in total. The maximum absolute atomic E-state index is 14.8. The van der Waals surface area contributed by atoms with Gasteiger partial charge in [0.25, 0.3) is 5.91 Å². The first-order valence-corrected chi connectivity index (χ1v) is 13.0. The first-order chi connectivity index (χ1) is 16.9. The Morgan fingerprint density at radius 1 is 1.23 bits per heavy atom. The third kappa shape index (κ3) is 2.39. The summed E-state index contributed by atoms with van der Waals surface area (Å²) in [6.07, 6.45) is 4.72. The lowest BCUT2D eigenvalue weighted by atomic mass is 9.46. The monoisotopic (exact) mass is 476 g/mol. The molecule has 1 spiro atoms. The van der Waals surface area contributed by atoms with Gasteiger partial charge >= 0.3 is 0 Å². The van der Waals surface area contributed by atoms with Gasteiger partial charge in [-0.1, -0.05) is 25.0 Å². The zero-order chi connectivity index (χ0) is 23.7. The van der Waals surface area contributed by atoms with Gasteiger partial charge in [0, 0.05) is 22.7 Å². The van der Waals surface area contributed by atoms with Crippen molar-refractivity contribution in [3.05, 3.63) is 58.4 Å². The average molecular weight is 477 g/mol. The normalized spacial score (nSPS) is 38.2. The molecule has 8 rings (SSSR count). The van der Waals surface area contributed by atoms with Gasteiger partial charge in [0.15, 0.2) is 11.5 Å². The second-order valence-corrected chi connectivity index (χ2v) is 11.7. The van der Waals surface area contributed by atoms with Gasteiger partial charge in [-0.25, -0.2) is 4.39 Å². The van der Waals surface area contributed by atoms with Crippen LogP contribution in [0, 0.1) is 17.7 Å². The number of hydrogen-bond donors (Lipinski definition) is 3. The number of rotatable bonds is 3. The summed E-state index contributed by atoms with van der Waals surface area (Å²) >= 11 is 0. The van der Waals surface area contributed by atoms with E-state index >= 15 is 0 Å². The molecule has 3 aliphatic heterocycles. The number of carbonyl (C=O) groups excluding carboxylic acids is 1. The molecule has 6 aliphatic rings. The second-order valence-electron chi connectivity index (χ2n) is 11.7. The SMILES string of the molecule is O=C1c2cccc(F)c2CN1[C@@H]1C(CC2CC2)CC2(O)C3Cc4ccc(O)c5c4[C@@]2(CCN3)[C@H]1O5. The lowest BCUT2D eigenvalue weighted by molar-refractivity contribution is -0.185. The minimum atomic E-state index is -1.03. The number of phenolic OH excluding ortho intramolecular Hbond substituents is 1. The van der Waals surface area contributed by atoms with E-state index in [1.165, 1.54) is 18.9 Å². The first-order valence-electron chi connectivity index (χ1n) is 13.0. The van der Waals surface area contributed by atoms with E-state index in [1.54, 1.807) is 18.2 Å². The van der Waals surface area contributed by atoms with Crippen LogP contribution in [0.5, 0.6) is 11.5 Å². The number of hydrogen-bond acceptors (Lipinski definition) is 5. The van der Waals surface area contributed by atoms with Crippen LogP contribution in [0.4, 0.5) is 4.39 Å². The number of ether oxygens (including phenoxy) is 1. The van der Waals surface area contributed by atoms with Crippen LogP contribution in [0.15, 0.2) is 30.3 Å². The summed E-state index contributed by atoms with van der Waals surface area (Å²) in [6.45, 7) is 0.960. The minimum absolute atomic E-state index is 0.0346. The van der Waals surface area contributed by atoms with Gasteiger partial charge in [-0.2, -0.15) is 0 Å². The summed E-state index contributed by atoms with van der Waals surface area (Å²) < 4.78 is 21.4. The molecule has 3 aliphatic carbocycles. The standard InChI is InChI=1S/C28H29FN2O4/c29-19-3-1-2-17-18(19)13-31(26(17)33)23-16(10-14-4-5-14)12-28(34)21-11-15-6-7-20(32)24-22(15)27(28,8-9-30-21)25(23)35-24/h1-3,6-7,14,16,21,23,25,30,32,34H,4-5,8-13H2/t16?,21?,23-,25+,27+,28?/m1/s1. The summed E-state index contributed by atoms with van der Waals surface area (Å²) in [5, 5.41) is 27.0. The van der Waals surface area contributed by atoms with Crippen molar-refractivity contribution in [2.75, 3.05) is 6.54 Å². The molecule has 2 aromatic carbocycles. The Morgan fingerprint density at radius 2 is 2.09 bits per heavy atom. The van der Waals surface area contributed by atoms with Gasteiger partial charge in [0.2, 0.25) is 0 Å². The van der Waals surface area contributed by atoms with E-state index in [4.69, 9.17) is 4.74 Å². The van der Waals surface area contributed by atoms with Crippen molar-refractivity contribution in [3.63, 3.8) is 0 Å². The first kappa shape index (κ1) is 20.5. The van der Waals surface area contributed by atoms with Crippen LogP contribution in [-0.4, -0.2) is 51.4 Å². The average Bonchev–Trinajstić information content (AvgIpc) is 3.48. The quantitative estimate of drug-likeness (QED) is 0.635. The number of amides is 1. The number of carbonyl (C=O) groups is 1. The minimum Gasteiger partial charge on any atom is -0.504 e. The molecule has 6 nitrogen and oxygen atoms in total. The van der Waals surface area contributed by atoms with E-state index in [0.29, 0.717) is 42.1 Å². The van der Waals surface area contributed by atoms with Gasteiger partial charge in [0.05, 0.1) is 23.6 Å². The maximum Gasteiger partial charge on any atom is 0.255 e. The molecule has 3 unspecified atom stereocenters. The van der Waals surface area contributed by atoms with Crippen molar-refractivity contribution in [3.8, 4) is 11.5 Å². The van der Waals surface area contributed by atoms with Crippen molar-refractivity contribution in [2.24, 2.45) is 11.8 Å². The molecule has 0 aromatic heterocycles. The van der Waals surface area contributed by atoms with Crippen LogP contribution >= 0.6 is 0 Å². The van der Waals surface area contributed by atoms with Gasteiger partial charge in [-0.3, -0.25) is 4.79 Å². The van der Waals surface area contributed by atoms with Crippen LogP contribution in [-0.2, 0) is 18.4 Å². The molecule has 2 aromatic rings. The number of benzene rings is 2. The maximum atomic E-state index is 14.8. The molecule has 7 heteroatoms. The zero-order valence-electron chi connectivity index (χ0n) is 19.5. The third-order valence-corrected chi connectivity index (χ3v) is 10.1. The molecular formula is C28H29FN2O4. The Labute approximate surface area is 203 Å². The van der Waals surface area contributed by atoms with Crippen molar-refractivity contribution in [2.45, 2.75) is 74.3 Å². The van der Waals surface area contributed by atoms with Crippen molar-refractivity contribution >= 4 is 5.91 Å². The molecule has 0 radical (unpaired) electrons. The predicted octanol–water partition coefficient (Wildman–Crippen LogP) is 3.02. The van der Waals surface area contributed by atoms with Crippen LogP contribution in [0.25, 0.3) is 0 Å². The number of halogens is 1. The summed E-state index contributed by atoms with van der Waals surface area (Å²) in [6, 6.07) is 7.97. The Hall–Kier alpha value is -2.64. The van der Waals surface area contributed by atoms with Gasteiger partial charge in [-0.15, -0.1) is 0 Å². The summed E-state index contributed by atoms with van der Waals surface area (Å²) in [7, 11) is 0. The molecule has 182 valence electrons. The van der Waals surface area contributed by atoms with E-state index < -0.39 is 17.1 Å². The Morgan fingerprint density at radius 3 is 2.89 bits per heavy atom.